The number of phenolic OH excluding ortho intramolecular Hbond substituents is 1. The van der Waals surface area contributed by atoms with Crippen molar-refractivity contribution in [1.82, 2.24) is 9.80 Å². The van der Waals surface area contributed by atoms with E-state index in [4.69, 9.17) is 4.74 Å². The largest absolute Gasteiger partial charge is 0.507 e. The summed E-state index contributed by atoms with van der Waals surface area (Å²) in [5.74, 6) is -0.346. The van der Waals surface area contributed by atoms with Crippen LogP contribution in [0.25, 0.3) is 6.08 Å². The van der Waals surface area contributed by atoms with Crippen molar-refractivity contribution < 1.29 is 19.4 Å². The van der Waals surface area contributed by atoms with E-state index >= 15 is 0 Å². The normalized spacial score (nSPS) is 14.6. The molecule has 0 atom stereocenters. The Bertz CT molecular complexity index is 946. The van der Waals surface area contributed by atoms with Crippen molar-refractivity contribution in [3.8, 4) is 11.5 Å². The van der Waals surface area contributed by atoms with E-state index in [0.29, 0.717) is 13.1 Å². The molecule has 1 aliphatic heterocycles. The number of allylic oxidation sites excluding steroid dienone is 1. The third-order valence-corrected chi connectivity index (χ3v) is 5.35. The highest BCUT2D eigenvalue weighted by atomic mass is 16.6. The molecule has 164 valence electrons. The van der Waals surface area contributed by atoms with E-state index < -0.39 is 6.09 Å². The Morgan fingerprint density at radius 3 is 2.32 bits per heavy atom. The first-order valence-corrected chi connectivity index (χ1v) is 10.4. The number of amides is 1. The maximum atomic E-state index is 12.5. The van der Waals surface area contributed by atoms with E-state index in [0.717, 1.165) is 30.9 Å². The summed E-state index contributed by atoms with van der Waals surface area (Å²) in [6.07, 6.45) is 2.67. The Morgan fingerprint density at radius 2 is 1.74 bits per heavy atom. The van der Waals surface area contributed by atoms with E-state index in [-0.39, 0.29) is 22.8 Å². The lowest BCUT2D eigenvalue weighted by molar-refractivity contribution is 0.104. The van der Waals surface area contributed by atoms with Crippen LogP contribution in [0.3, 0.4) is 0 Å². The Kier molecular flexibility index (Phi) is 7.31. The minimum absolute atomic E-state index is 0.150. The number of ketones is 1. The van der Waals surface area contributed by atoms with Crippen molar-refractivity contribution in [1.29, 1.82) is 0 Å². The number of ether oxygens (including phenoxy) is 1. The van der Waals surface area contributed by atoms with Crippen LogP contribution in [0.1, 0.15) is 22.8 Å². The number of rotatable bonds is 6. The summed E-state index contributed by atoms with van der Waals surface area (Å²) in [5, 5.41) is 10.3. The lowest BCUT2D eigenvalue weighted by atomic mass is 10.1. The minimum Gasteiger partial charge on any atom is -0.507 e. The SMILES string of the molecule is CCN1CCN(C(=O)Oc2ccc(C(=O)/C=C/c3ccc(N(C)C)cc3)c(O)c2)CC1. The van der Waals surface area contributed by atoms with Crippen molar-refractivity contribution >= 4 is 23.6 Å². The maximum Gasteiger partial charge on any atom is 0.415 e. The van der Waals surface area contributed by atoms with Gasteiger partial charge in [0.25, 0.3) is 0 Å². The van der Waals surface area contributed by atoms with Crippen LogP contribution in [-0.4, -0.2) is 73.6 Å². The number of hydrogen-bond acceptors (Lipinski definition) is 6. The number of hydrogen-bond donors (Lipinski definition) is 1. The smallest absolute Gasteiger partial charge is 0.415 e. The topological polar surface area (TPSA) is 73.3 Å². The lowest BCUT2D eigenvalue weighted by Crippen LogP contribution is -2.49. The van der Waals surface area contributed by atoms with E-state index in [1.165, 1.54) is 24.3 Å². The fourth-order valence-corrected chi connectivity index (χ4v) is 3.34. The van der Waals surface area contributed by atoms with Crippen LogP contribution in [0.5, 0.6) is 11.5 Å². The molecule has 0 unspecified atom stereocenters. The summed E-state index contributed by atoms with van der Waals surface area (Å²) < 4.78 is 5.37. The Morgan fingerprint density at radius 1 is 1.06 bits per heavy atom. The number of phenols is 1. The summed E-state index contributed by atoms with van der Waals surface area (Å²) in [7, 11) is 3.93. The van der Waals surface area contributed by atoms with Crippen LogP contribution in [-0.2, 0) is 0 Å². The number of carbonyl (C=O) groups excluding carboxylic acids is 2. The first-order chi connectivity index (χ1) is 14.9. The van der Waals surface area contributed by atoms with Crippen LogP contribution in [0.4, 0.5) is 10.5 Å². The number of aromatic hydroxyl groups is 1. The van der Waals surface area contributed by atoms with Crippen LogP contribution < -0.4 is 9.64 Å². The van der Waals surface area contributed by atoms with Crippen LogP contribution in [0, 0.1) is 0 Å². The van der Waals surface area contributed by atoms with Crippen molar-refractivity contribution in [2.24, 2.45) is 0 Å². The third-order valence-electron chi connectivity index (χ3n) is 5.35. The van der Waals surface area contributed by atoms with Gasteiger partial charge in [-0.3, -0.25) is 4.79 Å². The van der Waals surface area contributed by atoms with Gasteiger partial charge in [-0.2, -0.15) is 0 Å². The van der Waals surface area contributed by atoms with Gasteiger partial charge in [-0.1, -0.05) is 25.1 Å². The number of carbonyl (C=O) groups is 2. The average Bonchev–Trinajstić information content (AvgIpc) is 2.78. The van der Waals surface area contributed by atoms with Gasteiger partial charge < -0.3 is 24.5 Å². The summed E-state index contributed by atoms with van der Waals surface area (Å²) in [6.45, 7) is 5.89. The molecule has 1 saturated heterocycles. The molecule has 7 nitrogen and oxygen atoms in total. The second-order valence-corrected chi connectivity index (χ2v) is 7.65. The van der Waals surface area contributed by atoms with E-state index in [2.05, 4.69) is 11.8 Å². The van der Waals surface area contributed by atoms with Gasteiger partial charge in [0.15, 0.2) is 5.78 Å². The lowest BCUT2D eigenvalue weighted by Gasteiger charge is -2.33. The van der Waals surface area contributed by atoms with Gasteiger partial charge in [0.1, 0.15) is 11.5 Å². The summed E-state index contributed by atoms with van der Waals surface area (Å²) in [4.78, 5) is 30.7. The zero-order chi connectivity index (χ0) is 22.4. The molecule has 3 rings (SSSR count). The van der Waals surface area contributed by atoms with Crippen molar-refractivity contribution in [3.63, 3.8) is 0 Å². The van der Waals surface area contributed by atoms with Crippen LogP contribution in [0.15, 0.2) is 48.5 Å². The molecular formula is C24H29N3O4. The number of benzene rings is 2. The van der Waals surface area contributed by atoms with E-state index in [1.54, 1.807) is 11.0 Å². The fourth-order valence-electron chi connectivity index (χ4n) is 3.34. The average molecular weight is 424 g/mol. The molecule has 0 radical (unpaired) electrons. The Balaban J connectivity index is 1.60. The van der Waals surface area contributed by atoms with Gasteiger partial charge in [0.2, 0.25) is 0 Å². The molecule has 1 fully saturated rings. The molecule has 2 aromatic carbocycles. The Labute approximate surface area is 183 Å². The second-order valence-electron chi connectivity index (χ2n) is 7.65. The van der Waals surface area contributed by atoms with Crippen LogP contribution in [0.2, 0.25) is 0 Å². The molecule has 0 aliphatic carbocycles. The molecule has 7 heteroatoms. The highest BCUT2D eigenvalue weighted by Gasteiger charge is 2.22. The fraction of sp³-hybridized carbons (Fsp3) is 0.333. The second kappa shape index (κ2) is 10.1. The zero-order valence-electron chi connectivity index (χ0n) is 18.2. The maximum absolute atomic E-state index is 12.5. The van der Waals surface area contributed by atoms with Gasteiger partial charge in [-0.25, -0.2) is 4.79 Å². The minimum atomic E-state index is -0.449. The number of likely N-dealkylation sites (N-methyl/N-ethyl adjacent to an activating group) is 1. The molecule has 1 amide bonds. The predicted molar refractivity (Wildman–Crippen MR) is 122 cm³/mol. The van der Waals surface area contributed by atoms with E-state index in [9.17, 15) is 14.7 Å². The third kappa shape index (κ3) is 5.86. The van der Waals surface area contributed by atoms with Gasteiger partial charge in [-0.05, 0) is 42.4 Å². The summed E-state index contributed by atoms with van der Waals surface area (Å²) >= 11 is 0. The first kappa shape index (κ1) is 22.4. The summed E-state index contributed by atoms with van der Waals surface area (Å²) in [5.41, 5.74) is 2.10. The molecular weight excluding hydrogens is 394 g/mol. The molecule has 0 spiro atoms. The molecule has 31 heavy (non-hydrogen) atoms. The van der Waals surface area contributed by atoms with Gasteiger partial charge in [0, 0.05) is 52.0 Å². The molecule has 0 aromatic heterocycles. The summed E-state index contributed by atoms with van der Waals surface area (Å²) in [6, 6.07) is 12.1. The van der Waals surface area contributed by atoms with Gasteiger partial charge in [-0.15, -0.1) is 0 Å². The standard InChI is InChI=1S/C24H29N3O4/c1-4-26-13-15-27(16-14-26)24(30)31-20-10-11-21(23(29)17-20)22(28)12-7-18-5-8-19(9-6-18)25(2)3/h5-12,17,29H,4,13-16H2,1-3H3/b12-7+. The van der Waals surface area contributed by atoms with Crippen molar-refractivity contribution in [2.75, 3.05) is 51.7 Å². The quantitative estimate of drug-likeness (QED) is 0.566. The molecule has 2 aromatic rings. The molecule has 1 aliphatic rings. The highest BCUT2D eigenvalue weighted by molar-refractivity contribution is 6.08. The first-order valence-electron chi connectivity index (χ1n) is 10.4. The van der Waals surface area contributed by atoms with E-state index in [1.807, 2.05) is 43.3 Å². The molecule has 0 bridgehead atoms. The Hall–Kier alpha value is -3.32. The van der Waals surface area contributed by atoms with Gasteiger partial charge >= 0.3 is 6.09 Å². The molecule has 1 N–H and O–H groups in total. The van der Waals surface area contributed by atoms with Crippen LogP contribution >= 0.6 is 0 Å². The number of piperazine rings is 1. The highest BCUT2D eigenvalue weighted by Crippen LogP contribution is 2.25. The number of anilines is 1. The number of nitrogens with zero attached hydrogens (tertiary/aromatic N) is 3. The monoisotopic (exact) mass is 423 g/mol. The molecule has 0 saturated carbocycles. The predicted octanol–water partition coefficient (Wildman–Crippen LogP) is 3.49. The zero-order valence-corrected chi connectivity index (χ0v) is 18.2. The molecule has 1 heterocycles. The van der Waals surface area contributed by atoms with Crippen molar-refractivity contribution in [3.05, 3.63) is 59.7 Å². The van der Waals surface area contributed by atoms with Crippen molar-refractivity contribution in [2.45, 2.75) is 6.92 Å². The van der Waals surface area contributed by atoms with Gasteiger partial charge in [0.05, 0.1) is 5.56 Å².